The predicted octanol–water partition coefficient (Wildman–Crippen LogP) is 2.25. The Morgan fingerprint density at radius 3 is 2.38 bits per heavy atom. The molecule has 1 aliphatic rings. The number of hydrogen-bond acceptors (Lipinski definition) is 9. The van der Waals surface area contributed by atoms with Crippen molar-refractivity contribution in [2.75, 3.05) is 19.0 Å². The Hall–Kier alpha value is -3.64. The van der Waals surface area contributed by atoms with Crippen LogP contribution in [-0.2, 0) is 33.2 Å². The van der Waals surface area contributed by atoms with Gasteiger partial charge in [-0.05, 0) is 11.1 Å². The van der Waals surface area contributed by atoms with E-state index in [1.54, 1.807) is 4.57 Å². The number of aliphatic hydroxyl groups is 2. The van der Waals surface area contributed by atoms with Crippen molar-refractivity contribution in [2.45, 2.75) is 31.0 Å². The van der Waals surface area contributed by atoms with Crippen molar-refractivity contribution in [3.05, 3.63) is 96.0 Å². The molecule has 192 valence electrons. The van der Waals surface area contributed by atoms with Crippen molar-refractivity contribution in [3.8, 4) is 0 Å². The van der Waals surface area contributed by atoms with Gasteiger partial charge in [0.2, 0.25) is 6.23 Å². The summed E-state index contributed by atoms with van der Waals surface area (Å²) in [4.78, 5) is 13.7. The number of ether oxygens (including phenoxy) is 2. The van der Waals surface area contributed by atoms with E-state index in [1.807, 2.05) is 36.4 Å². The maximum absolute atomic E-state index is 10.6. The maximum atomic E-state index is 10.6. The average molecular weight is 523 g/mol. The minimum atomic E-state index is -1.25. The van der Waals surface area contributed by atoms with Crippen LogP contribution in [0.2, 0.25) is 0 Å². The van der Waals surface area contributed by atoms with Gasteiger partial charge in [-0.1, -0.05) is 60.7 Å². The van der Waals surface area contributed by atoms with E-state index >= 15 is 0 Å². The number of aromatic nitrogens is 4. The molecule has 2 aromatic heterocycles. The Bertz CT molecular complexity index is 1330. The number of methoxy groups -OCH3 is 1. The van der Waals surface area contributed by atoms with Gasteiger partial charge < -0.3 is 25.0 Å². The molecule has 0 spiro atoms. The zero-order chi connectivity index (χ0) is 25.8. The zero-order valence-electron chi connectivity index (χ0n) is 20.1. The molecule has 0 bridgehead atoms. The first-order valence-electron chi connectivity index (χ1n) is 11.7. The molecule has 37 heavy (non-hydrogen) atoms. The highest BCUT2D eigenvalue weighted by Gasteiger charge is 2.42. The molecule has 0 unspecified atom stereocenters. The summed E-state index contributed by atoms with van der Waals surface area (Å²) in [5.41, 5.74) is 3.23. The number of fused-ring (bicyclic) bond motifs is 1. The topological polar surface area (TPSA) is 124 Å². The van der Waals surface area contributed by atoms with Crippen molar-refractivity contribution in [3.63, 3.8) is 0 Å². The Kier molecular flexibility index (Phi) is 7.56. The Morgan fingerprint density at radius 1 is 1.08 bits per heavy atom. The molecule has 4 aromatic rings. The highest BCUT2D eigenvalue weighted by molar-refractivity contribution is 7.53. The van der Waals surface area contributed by atoms with Crippen molar-refractivity contribution < 1.29 is 23.9 Å². The van der Waals surface area contributed by atoms with Gasteiger partial charge in [-0.2, -0.15) is 4.18 Å². The van der Waals surface area contributed by atoms with Crippen LogP contribution in [0.1, 0.15) is 29.1 Å². The summed E-state index contributed by atoms with van der Waals surface area (Å²) in [6.45, 7) is 0.641. The van der Waals surface area contributed by atoms with Gasteiger partial charge >= 0.3 is 0 Å². The lowest BCUT2D eigenvalue weighted by atomic mass is 9.91. The molecule has 3 N–H and O–H groups in total. The van der Waals surface area contributed by atoms with E-state index in [0.717, 1.165) is 11.1 Å². The van der Waals surface area contributed by atoms with Crippen LogP contribution in [0.3, 0.4) is 0 Å². The van der Waals surface area contributed by atoms with E-state index in [1.165, 1.54) is 19.7 Å². The first-order chi connectivity index (χ1) is 18.1. The van der Waals surface area contributed by atoms with E-state index in [-0.39, 0.29) is 18.3 Å². The lowest BCUT2D eigenvalue weighted by Crippen LogP contribution is -2.27. The quantitative estimate of drug-likeness (QED) is 0.224. The Morgan fingerprint density at radius 2 is 1.76 bits per heavy atom. The van der Waals surface area contributed by atoms with Crippen molar-refractivity contribution >= 4 is 29.9 Å². The van der Waals surface area contributed by atoms with E-state index in [4.69, 9.17) is 13.7 Å². The molecular weight excluding hydrogens is 494 g/mol. The van der Waals surface area contributed by atoms with Crippen LogP contribution < -0.4 is 5.32 Å². The molecule has 11 heteroatoms. The third-order valence-corrected chi connectivity index (χ3v) is 6.36. The zero-order valence-corrected chi connectivity index (χ0v) is 21.1. The first kappa shape index (κ1) is 25.0. The number of benzene rings is 2. The SMILES string of the molecule is COC=C1O[C@@H](n2cnc3c(NCC(c4ccccc4)c4ccccc4)nc(CO[SH2+])nc32)[C@H](O)[C@@H]1O. The van der Waals surface area contributed by atoms with Crippen LogP contribution >= 0.6 is 0 Å². The van der Waals surface area contributed by atoms with E-state index in [0.29, 0.717) is 29.4 Å². The molecule has 0 amide bonds. The highest BCUT2D eigenvalue weighted by atomic mass is 32.1. The summed E-state index contributed by atoms with van der Waals surface area (Å²) in [5.74, 6) is 1.08. The summed E-state index contributed by atoms with van der Waals surface area (Å²) < 4.78 is 17.4. The second kappa shape index (κ2) is 11.2. The smallest absolute Gasteiger partial charge is 0.207 e. The number of aliphatic hydroxyl groups excluding tert-OH is 2. The fraction of sp³-hybridized carbons (Fsp3) is 0.269. The second-order valence-corrected chi connectivity index (χ2v) is 8.84. The van der Waals surface area contributed by atoms with E-state index in [2.05, 4.69) is 57.4 Å². The Labute approximate surface area is 219 Å². The number of rotatable bonds is 9. The Balaban J connectivity index is 1.50. The van der Waals surface area contributed by atoms with Crippen molar-refractivity contribution in [2.24, 2.45) is 0 Å². The molecule has 0 aliphatic carbocycles. The molecule has 10 nitrogen and oxygen atoms in total. The monoisotopic (exact) mass is 522 g/mol. The van der Waals surface area contributed by atoms with Crippen LogP contribution in [0.4, 0.5) is 5.82 Å². The number of imidazole rings is 1. The lowest BCUT2D eigenvalue weighted by molar-refractivity contribution is -0.0121. The van der Waals surface area contributed by atoms with E-state index < -0.39 is 18.4 Å². The molecule has 3 atom stereocenters. The molecule has 5 rings (SSSR count). The standard InChI is InChI=1S/C26H27N5O5S/c1-34-13-19-22(32)23(33)26(36-19)31-15-28-21-24(29-20(14-35-37)30-25(21)31)27-12-18(16-8-4-2-5-9-16)17-10-6-3-7-11-17/h2-11,13,15,18,22-23,26,32-33,37H,12,14H2,1H3,(H,27,29,30)/p+1/t22-,23-,26-/m1/s1. The molecule has 0 radical (unpaired) electrons. The van der Waals surface area contributed by atoms with E-state index in [9.17, 15) is 10.2 Å². The summed E-state index contributed by atoms with van der Waals surface area (Å²) in [5, 5.41) is 24.5. The van der Waals surface area contributed by atoms with Gasteiger partial charge in [0, 0.05) is 12.5 Å². The predicted molar refractivity (Wildman–Crippen MR) is 141 cm³/mol. The van der Waals surface area contributed by atoms with Crippen LogP contribution in [0.15, 0.2) is 79.0 Å². The summed E-state index contributed by atoms with van der Waals surface area (Å²) in [7, 11) is 1.44. The van der Waals surface area contributed by atoms with Gasteiger partial charge in [0.15, 0.2) is 35.2 Å². The fourth-order valence-corrected chi connectivity index (χ4v) is 4.56. The molecule has 1 saturated heterocycles. The number of hydrogen-bond donors (Lipinski definition) is 3. The molecule has 1 fully saturated rings. The maximum Gasteiger partial charge on any atom is 0.207 e. The van der Waals surface area contributed by atoms with Gasteiger partial charge in [-0.3, -0.25) is 4.57 Å². The molecule has 2 aromatic carbocycles. The number of nitrogens with zero attached hydrogens (tertiary/aromatic N) is 4. The number of anilines is 1. The van der Waals surface area contributed by atoms with Gasteiger partial charge in [-0.25, -0.2) is 15.0 Å². The lowest BCUT2D eigenvalue weighted by Gasteiger charge is -2.20. The van der Waals surface area contributed by atoms with Gasteiger partial charge in [0.25, 0.3) is 0 Å². The third-order valence-electron chi connectivity index (χ3n) is 6.22. The summed E-state index contributed by atoms with van der Waals surface area (Å²) >= 11 is 3.03. The van der Waals surface area contributed by atoms with Gasteiger partial charge in [0.05, 0.1) is 7.11 Å². The first-order valence-corrected chi connectivity index (χ1v) is 12.1. The summed E-state index contributed by atoms with van der Waals surface area (Å²) in [6.07, 6.45) is -0.689. The normalized spacial score (nSPS) is 20.5. The minimum Gasteiger partial charge on any atom is -0.501 e. The summed E-state index contributed by atoms with van der Waals surface area (Å²) in [6, 6.07) is 20.5. The largest absolute Gasteiger partial charge is 0.501 e. The molecule has 0 saturated carbocycles. The van der Waals surface area contributed by atoms with Crippen LogP contribution in [-0.4, -0.2) is 55.6 Å². The van der Waals surface area contributed by atoms with Gasteiger partial charge in [0.1, 0.15) is 37.7 Å². The van der Waals surface area contributed by atoms with Gasteiger partial charge in [-0.15, -0.1) is 0 Å². The fourth-order valence-electron chi connectivity index (χ4n) is 4.44. The second-order valence-electron chi connectivity index (χ2n) is 8.56. The van der Waals surface area contributed by atoms with Crippen LogP contribution in [0, 0.1) is 0 Å². The van der Waals surface area contributed by atoms with Crippen molar-refractivity contribution in [1.82, 2.24) is 19.5 Å². The van der Waals surface area contributed by atoms with Crippen LogP contribution in [0.25, 0.3) is 11.2 Å². The molecular formula is C26H28N5O5S+. The third kappa shape index (κ3) is 5.12. The van der Waals surface area contributed by atoms with Crippen LogP contribution in [0.5, 0.6) is 0 Å². The van der Waals surface area contributed by atoms with Crippen molar-refractivity contribution in [1.29, 1.82) is 0 Å². The number of nitrogens with one attached hydrogen (secondary N) is 1. The average Bonchev–Trinajstić information content (AvgIpc) is 3.47. The minimum absolute atomic E-state index is 0.0573. The highest BCUT2D eigenvalue weighted by Crippen LogP contribution is 2.35. The molecule has 1 aliphatic heterocycles. The molecule has 3 heterocycles.